The van der Waals surface area contributed by atoms with E-state index in [1.807, 2.05) is 0 Å². The second kappa shape index (κ2) is 19.1. The molecular formula is C21H50N6. The van der Waals surface area contributed by atoms with Gasteiger partial charge in [0.2, 0.25) is 0 Å². The molecule has 0 aromatic carbocycles. The van der Waals surface area contributed by atoms with Gasteiger partial charge in [0.05, 0.1) is 0 Å². The molecule has 0 amide bonds. The Hall–Kier alpha value is -0.240. The van der Waals surface area contributed by atoms with Crippen LogP contribution in [-0.2, 0) is 0 Å². The van der Waals surface area contributed by atoms with E-state index in [0.29, 0.717) is 0 Å². The van der Waals surface area contributed by atoms with Crippen LogP contribution in [0.15, 0.2) is 0 Å². The van der Waals surface area contributed by atoms with E-state index >= 15 is 0 Å². The van der Waals surface area contributed by atoms with E-state index in [4.69, 9.17) is 0 Å². The summed E-state index contributed by atoms with van der Waals surface area (Å²) in [6, 6.07) is 0. The standard InChI is InChI=1S/C21H50N6/c1-24(2)16-7-12-22-14-9-19-27(21-11-18-26(5)6)20-10-15-23-13-8-17-25(3)4/h22-23H,7-21H2,1-6H3. The molecule has 0 unspecified atom stereocenters. The van der Waals surface area contributed by atoms with Gasteiger partial charge in [-0.15, -0.1) is 0 Å². The summed E-state index contributed by atoms with van der Waals surface area (Å²) in [7, 11) is 12.9. The van der Waals surface area contributed by atoms with Crippen molar-refractivity contribution in [3.05, 3.63) is 0 Å². The van der Waals surface area contributed by atoms with Crippen molar-refractivity contribution in [3.8, 4) is 0 Å². The Kier molecular flexibility index (Phi) is 18.9. The van der Waals surface area contributed by atoms with Crippen molar-refractivity contribution >= 4 is 0 Å². The van der Waals surface area contributed by atoms with Crippen LogP contribution in [0.3, 0.4) is 0 Å². The molecule has 27 heavy (non-hydrogen) atoms. The van der Waals surface area contributed by atoms with Crippen LogP contribution in [0.5, 0.6) is 0 Å². The lowest BCUT2D eigenvalue weighted by Crippen LogP contribution is -2.33. The van der Waals surface area contributed by atoms with Crippen molar-refractivity contribution in [2.45, 2.75) is 32.1 Å². The van der Waals surface area contributed by atoms with Gasteiger partial charge in [0, 0.05) is 0 Å². The van der Waals surface area contributed by atoms with E-state index in [-0.39, 0.29) is 0 Å². The molecule has 0 aliphatic carbocycles. The van der Waals surface area contributed by atoms with Crippen molar-refractivity contribution in [1.82, 2.24) is 30.2 Å². The Bertz CT molecular complexity index is 274. The first-order chi connectivity index (χ1) is 12.9. The summed E-state index contributed by atoms with van der Waals surface area (Å²) in [5.41, 5.74) is 0. The second-order valence-corrected chi connectivity index (χ2v) is 8.52. The lowest BCUT2D eigenvalue weighted by atomic mass is 10.2. The quantitative estimate of drug-likeness (QED) is 0.305. The fourth-order valence-electron chi connectivity index (χ4n) is 3.09. The molecule has 0 bridgehead atoms. The van der Waals surface area contributed by atoms with E-state index in [2.05, 4.69) is 72.5 Å². The van der Waals surface area contributed by atoms with Gasteiger partial charge in [-0.05, 0) is 140 Å². The highest BCUT2D eigenvalue weighted by molar-refractivity contribution is 4.63. The Morgan fingerprint density at radius 1 is 0.407 bits per heavy atom. The van der Waals surface area contributed by atoms with Crippen molar-refractivity contribution < 1.29 is 0 Å². The van der Waals surface area contributed by atoms with E-state index in [1.54, 1.807) is 0 Å². The molecule has 0 aromatic rings. The zero-order valence-corrected chi connectivity index (χ0v) is 19.4. The fraction of sp³-hybridized carbons (Fsp3) is 1.00. The van der Waals surface area contributed by atoms with Crippen LogP contribution in [0.1, 0.15) is 32.1 Å². The van der Waals surface area contributed by atoms with Gasteiger partial charge in [-0.1, -0.05) is 0 Å². The maximum Gasteiger partial charge on any atom is -0.000653 e. The molecule has 0 spiro atoms. The molecule has 6 nitrogen and oxygen atoms in total. The van der Waals surface area contributed by atoms with Crippen LogP contribution in [0.25, 0.3) is 0 Å². The summed E-state index contributed by atoms with van der Waals surface area (Å²) >= 11 is 0. The summed E-state index contributed by atoms with van der Waals surface area (Å²) in [4.78, 5) is 9.45. The van der Waals surface area contributed by atoms with Gasteiger partial charge in [-0.3, -0.25) is 0 Å². The summed E-state index contributed by atoms with van der Waals surface area (Å²) < 4.78 is 0. The molecule has 164 valence electrons. The molecule has 0 rings (SSSR count). The highest BCUT2D eigenvalue weighted by Gasteiger charge is 2.05. The zero-order valence-electron chi connectivity index (χ0n) is 19.4. The van der Waals surface area contributed by atoms with Gasteiger partial charge >= 0.3 is 0 Å². The topological polar surface area (TPSA) is 37.0 Å². The van der Waals surface area contributed by atoms with Gasteiger partial charge in [-0.2, -0.15) is 0 Å². The number of hydrogen-bond acceptors (Lipinski definition) is 6. The lowest BCUT2D eigenvalue weighted by Gasteiger charge is -2.23. The number of nitrogens with zero attached hydrogens (tertiary/aromatic N) is 4. The first-order valence-electron chi connectivity index (χ1n) is 11.0. The van der Waals surface area contributed by atoms with Gasteiger partial charge in [0.15, 0.2) is 0 Å². The summed E-state index contributed by atoms with van der Waals surface area (Å²) in [5, 5.41) is 7.18. The van der Waals surface area contributed by atoms with E-state index in [0.717, 1.165) is 26.2 Å². The maximum atomic E-state index is 3.59. The van der Waals surface area contributed by atoms with E-state index in [9.17, 15) is 0 Å². The third-order valence-electron chi connectivity index (χ3n) is 4.65. The average molecular weight is 387 g/mol. The fourth-order valence-corrected chi connectivity index (χ4v) is 3.09. The smallest absolute Gasteiger partial charge is 0.000653 e. The Balaban J connectivity index is 3.80. The van der Waals surface area contributed by atoms with Crippen molar-refractivity contribution in [2.24, 2.45) is 0 Å². The normalized spacial score (nSPS) is 12.2. The van der Waals surface area contributed by atoms with Crippen molar-refractivity contribution in [1.29, 1.82) is 0 Å². The maximum absolute atomic E-state index is 3.59. The highest BCUT2D eigenvalue weighted by Crippen LogP contribution is 1.98. The van der Waals surface area contributed by atoms with Crippen LogP contribution in [0.2, 0.25) is 0 Å². The predicted molar refractivity (Wildman–Crippen MR) is 121 cm³/mol. The third-order valence-corrected chi connectivity index (χ3v) is 4.65. The van der Waals surface area contributed by atoms with E-state index in [1.165, 1.54) is 71.4 Å². The molecule has 0 atom stereocenters. The largest absolute Gasteiger partial charge is 0.317 e. The molecule has 2 N–H and O–H groups in total. The predicted octanol–water partition coefficient (Wildman–Crippen LogP) is 1.10. The third kappa shape index (κ3) is 21.9. The van der Waals surface area contributed by atoms with Crippen LogP contribution in [0.4, 0.5) is 0 Å². The molecule has 0 aliphatic heterocycles. The van der Waals surface area contributed by atoms with E-state index < -0.39 is 0 Å². The molecule has 0 aliphatic rings. The van der Waals surface area contributed by atoms with Crippen LogP contribution < -0.4 is 10.6 Å². The molecule has 0 fully saturated rings. The number of hydrogen-bond donors (Lipinski definition) is 2. The summed E-state index contributed by atoms with van der Waals surface area (Å²) in [5.74, 6) is 0. The number of rotatable bonds is 20. The summed E-state index contributed by atoms with van der Waals surface area (Å²) in [6.45, 7) is 11.7. The van der Waals surface area contributed by atoms with Crippen molar-refractivity contribution in [3.63, 3.8) is 0 Å². The Morgan fingerprint density at radius 3 is 1.07 bits per heavy atom. The average Bonchev–Trinajstić information content (AvgIpc) is 2.58. The van der Waals surface area contributed by atoms with Crippen molar-refractivity contribution in [2.75, 3.05) is 108 Å². The Labute approximate surface area is 170 Å². The minimum absolute atomic E-state index is 1.13. The van der Waals surface area contributed by atoms with Crippen LogP contribution >= 0.6 is 0 Å². The molecule has 0 aromatic heterocycles. The first kappa shape index (κ1) is 26.8. The SMILES string of the molecule is CN(C)CCCNCCCN(CCCNCCCN(C)C)CCCN(C)C. The van der Waals surface area contributed by atoms with Gasteiger partial charge in [0.25, 0.3) is 0 Å². The Morgan fingerprint density at radius 2 is 0.704 bits per heavy atom. The number of nitrogens with one attached hydrogen (secondary N) is 2. The van der Waals surface area contributed by atoms with Gasteiger partial charge in [-0.25, -0.2) is 0 Å². The minimum atomic E-state index is 1.13. The molecule has 6 heteroatoms. The lowest BCUT2D eigenvalue weighted by molar-refractivity contribution is 0.247. The molecule has 0 heterocycles. The molecule has 0 radical (unpaired) electrons. The van der Waals surface area contributed by atoms with Crippen LogP contribution in [0, 0.1) is 0 Å². The first-order valence-corrected chi connectivity index (χ1v) is 11.0. The second-order valence-electron chi connectivity index (χ2n) is 8.52. The summed E-state index contributed by atoms with van der Waals surface area (Å²) in [6.07, 6.45) is 6.23. The molecule has 0 saturated heterocycles. The molecule has 0 saturated carbocycles. The molecular weight excluding hydrogens is 336 g/mol. The highest BCUT2D eigenvalue weighted by atomic mass is 15.1. The van der Waals surface area contributed by atoms with Gasteiger partial charge in [0.1, 0.15) is 0 Å². The van der Waals surface area contributed by atoms with Gasteiger partial charge < -0.3 is 30.2 Å². The van der Waals surface area contributed by atoms with Crippen LogP contribution in [-0.4, -0.2) is 127 Å². The monoisotopic (exact) mass is 386 g/mol. The zero-order chi connectivity index (χ0) is 20.3. The minimum Gasteiger partial charge on any atom is -0.317 e.